The Balaban J connectivity index is 2.13. The van der Waals surface area contributed by atoms with Crippen molar-refractivity contribution >= 4 is 10.2 Å². The molecule has 2 heterocycles. The van der Waals surface area contributed by atoms with Crippen LogP contribution in [0.1, 0.15) is 5.56 Å². The van der Waals surface area contributed by atoms with E-state index in [2.05, 4.69) is 9.71 Å². The lowest BCUT2D eigenvalue weighted by Gasteiger charge is -2.12. The number of pyridine rings is 1. The molecule has 1 aromatic heterocycles. The standard InChI is InChI=1S/C8H11N3O2S/c12-14(13)10-4-5-11(14)7-8-2-1-3-9-6-8/h1-3,6,10H,4-5,7H2. The van der Waals surface area contributed by atoms with Crippen molar-refractivity contribution in [3.63, 3.8) is 0 Å². The van der Waals surface area contributed by atoms with Crippen molar-refractivity contribution < 1.29 is 8.42 Å². The van der Waals surface area contributed by atoms with E-state index in [0.717, 1.165) is 5.56 Å². The molecule has 0 unspecified atom stereocenters. The van der Waals surface area contributed by atoms with Crippen LogP contribution in [-0.4, -0.2) is 30.8 Å². The van der Waals surface area contributed by atoms with E-state index in [1.54, 1.807) is 18.5 Å². The van der Waals surface area contributed by atoms with E-state index >= 15 is 0 Å². The van der Waals surface area contributed by atoms with Gasteiger partial charge in [0, 0.05) is 32.0 Å². The van der Waals surface area contributed by atoms with Crippen LogP contribution in [-0.2, 0) is 16.8 Å². The summed E-state index contributed by atoms with van der Waals surface area (Å²) in [5.74, 6) is 0. The van der Waals surface area contributed by atoms with E-state index in [4.69, 9.17) is 0 Å². The minimum atomic E-state index is -3.23. The van der Waals surface area contributed by atoms with Gasteiger partial charge in [-0.05, 0) is 11.6 Å². The first-order valence-electron chi connectivity index (χ1n) is 4.32. The molecule has 14 heavy (non-hydrogen) atoms. The fraction of sp³-hybridized carbons (Fsp3) is 0.375. The van der Waals surface area contributed by atoms with E-state index in [1.165, 1.54) is 4.31 Å². The first kappa shape index (κ1) is 9.57. The second kappa shape index (κ2) is 3.64. The van der Waals surface area contributed by atoms with Crippen LogP contribution >= 0.6 is 0 Å². The highest BCUT2D eigenvalue weighted by Gasteiger charge is 2.27. The van der Waals surface area contributed by atoms with Crippen LogP contribution in [0.3, 0.4) is 0 Å². The molecule has 0 saturated carbocycles. The van der Waals surface area contributed by atoms with Gasteiger partial charge >= 0.3 is 0 Å². The molecule has 5 nitrogen and oxygen atoms in total. The number of hydrogen-bond donors (Lipinski definition) is 1. The summed E-state index contributed by atoms with van der Waals surface area (Å²) in [6.45, 7) is 1.41. The van der Waals surface area contributed by atoms with Crippen LogP contribution in [0.5, 0.6) is 0 Å². The van der Waals surface area contributed by atoms with Gasteiger partial charge in [0.2, 0.25) is 0 Å². The third-order valence-corrected chi connectivity index (χ3v) is 3.63. The van der Waals surface area contributed by atoms with Crippen LogP contribution in [0.2, 0.25) is 0 Å². The van der Waals surface area contributed by atoms with Crippen molar-refractivity contribution in [3.05, 3.63) is 30.1 Å². The van der Waals surface area contributed by atoms with Gasteiger partial charge in [-0.25, -0.2) is 4.72 Å². The maximum absolute atomic E-state index is 11.4. The van der Waals surface area contributed by atoms with Crippen molar-refractivity contribution in [1.82, 2.24) is 14.0 Å². The number of nitrogens with zero attached hydrogens (tertiary/aromatic N) is 2. The lowest BCUT2D eigenvalue weighted by Crippen LogP contribution is -2.29. The van der Waals surface area contributed by atoms with Crippen molar-refractivity contribution in [2.75, 3.05) is 13.1 Å². The molecule has 1 fully saturated rings. The fourth-order valence-electron chi connectivity index (χ4n) is 1.37. The molecule has 1 aliphatic heterocycles. The Morgan fingerprint density at radius 3 is 3.00 bits per heavy atom. The first-order valence-corrected chi connectivity index (χ1v) is 5.76. The topological polar surface area (TPSA) is 62.3 Å². The molecule has 6 heteroatoms. The number of hydrogen-bond acceptors (Lipinski definition) is 3. The van der Waals surface area contributed by atoms with Gasteiger partial charge in [0.15, 0.2) is 0 Å². The van der Waals surface area contributed by atoms with Gasteiger partial charge in [0.05, 0.1) is 0 Å². The Morgan fingerprint density at radius 2 is 2.43 bits per heavy atom. The van der Waals surface area contributed by atoms with Gasteiger partial charge in [-0.2, -0.15) is 12.7 Å². The van der Waals surface area contributed by atoms with Gasteiger partial charge in [0.1, 0.15) is 0 Å². The predicted octanol–water partition coefficient (Wildman–Crippen LogP) is -0.268. The molecule has 1 aromatic rings. The fourth-order valence-corrected chi connectivity index (χ4v) is 2.55. The largest absolute Gasteiger partial charge is 0.279 e. The van der Waals surface area contributed by atoms with Gasteiger partial charge < -0.3 is 0 Å². The summed E-state index contributed by atoms with van der Waals surface area (Å²) in [6.07, 6.45) is 3.34. The van der Waals surface area contributed by atoms with E-state index < -0.39 is 10.2 Å². The van der Waals surface area contributed by atoms with Crippen molar-refractivity contribution in [3.8, 4) is 0 Å². The Labute approximate surface area is 82.9 Å². The summed E-state index contributed by atoms with van der Waals surface area (Å²) in [6, 6.07) is 3.66. The molecule has 1 saturated heterocycles. The maximum Gasteiger partial charge on any atom is 0.279 e. The third-order valence-electron chi connectivity index (χ3n) is 2.07. The third kappa shape index (κ3) is 1.92. The summed E-state index contributed by atoms with van der Waals surface area (Å²) in [4.78, 5) is 3.93. The zero-order chi connectivity index (χ0) is 10.0. The molecule has 0 aromatic carbocycles. The Morgan fingerprint density at radius 1 is 1.57 bits per heavy atom. The minimum absolute atomic E-state index is 0.392. The molecule has 0 spiro atoms. The zero-order valence-electron chi connectivity index (χ0n) is 7.55. The average Bonchev–Trinajstić information content (AvgIpc) is 2.48. The minimum Gasteiger partial charge on any atom is -0.264 e. The smallest absolute Gasteiger partial charge is 0.264 e. The summed E-state index contributed by atoms with van der Waals surface area (Å²) >= 11 is 0. The van der Waals surface area contributed by atoms with Crippen LogP contribution in [0.15, 0.2) is 24.5 Å². The second-order valence-electron chi connectivity index (χ2n) is 3.09. The van der Waals surface area contributed by atoms with Crippen LogP contribution in [0.25, 0.3) is 0 Å². The number of aromatic nitrogens is 1. The van der Waals surface area contributed by atoms with Gasteiger partial charge in [-0.1, -0.05) is 6.07 Å². The van der Waals surface area contributed by atoms with E-state index in [0.29, 0.717) is 19.6 Å². The quantitative estimate of drug-likeness (QED) is 0.735. The van der Waals surface area contributed by atoms with Crippen molar-refractivity contribution in [2.45, 2.75) is 6.54 Å². The molecule has 0 atom stereocenters. The number of rotatable bonds is 2. The lowest BCUT2D eigenvalue weighted by molar-refractivity contribution is 0.445. The summed E-state index contributed by atoms with van der Waals surface area (Å²) in [5, 5.41) is 0. The molecule has 0 amide bonds. The summed E-state index contributed by atoms with van der Waals surface area (Å²) < 4.78 is 26.6. The predicted molar refractivity (Wildman–Crippen MR) is 51.6 cm³/mol. The Bertz CT molecular complexity index is 404. The highest BCUT2D eigenvalue weighted by molar-refractivity contribution is 7.87. The molecule has 0 aliphatic carbocycles. The zero-order valence-corrected chi connectivity index (χ0v) is 8.37. The Hall–Kier alpha value is -0.980. The van der Waals surface area contributed by atoms with Crippen molar-refractivity contribution in [2.24, 2.45) is 0 Å². The molecule has 76 valence electrons. The van der Waals surface area contributed by atoms with Gasteiger partial charge in [-0.15, -0.1) is 0 Å². The summed E-state index contributed by atoms with van der Waals surface area (Å²) in [5.41, 5.74) is 0.903. The highest BCUT2D eigenvalue weighted by Crippen LogP contribution is 2.09. The number of nitrogens with one attached hydrogen (secondary N) is 1. The average molecular weight is 213 g/mol. The first-order chi connectivity index (χ1) is 6.68. The van der Waals surface area contributed by atoms with Crippen LogP contribution < -0.4 is 4.72 Å². The molecule has 1 N–H and O–H groups in total. The lowest BCUT2D eigenvalue weighted by atomic mass is 10.3. The molecule has 2 rings (SSSR count). The van der Waals surface area contributed by atoms with Crippen molar-refractivity contribution in [1.29, 1.82) is 0 Å². The summed E-state index contributed by atoms with van der Waals surface area (Å²) in [7, 11) is -3.23. The molecular weight excluding hydrogens is 202 g/mol. The highest BCUT2D eigenvalue weighted by atomic mass is 32.2. The van der Waals surface area contributed by atoms with Crippen LogP contribution in [0.4, 0.5) is 0 Å². The second-order valence-corrected chi connectivity index (χ2v) is 4.85. The normalized spacial score (nSPS) is 21.1. The van der Waals surface area contributed by atoms with Gasteiger partial charge in [0.25, 0.3) is 10.2 Å². The molecule has 1 aliphatic rings. The Kier molecular flexibility index (Phi) is 2.49. The SMILES string of the molecule is O=S1(=O)NCCN1Cc1cccnc1. The van der Waals surface area contributed by atoms with E-state index in [1.807, 2.05) is 6.07 Å². The monoisotopic (exact) mass is 213 g/mol. The van der Waals surface area contributed by atoms with E-state index in [-0.39, 0.29) is 0 Å². The molecule has 0 bridgehead atoms. The van der Waals surface area contributed by atoms with Gasteiger partial charge in [-0.3, -0.25) is 4.98 Å². The van der Waals surface area contributed by atoms with Crippen LogP contribution in [0, 0.1) is 0 Å². The molecular formula is C8H11N3O2S. The molecule has 0 radical (unpaired) electrons. The van der Waals surface area contributed by atoms with E-state index in [9.17, 15) is 8.42 Å². The maximum atomic E-state index is 11.4.